The van der Waals surface area contributed by atoms with Gasteiger partial charge in [0.15, 0.2) is 0 Å². The van der Waals surface area contributed by atoms with Crippen LogP contribution in [-0.2, 0) is 0 Å². The van der Waals surface area contributed by atoms with Gasteiger partial charge in [-0.2, -0.15) is 5.10 Å². The van der Waals surface area contributed by atoms with Crippen LogP contribution in [0.1, 0.15) is 5.69 Å². The molecule has 0 bridgehead atoms. The fourth-order valence-corrected chi connectivity index (χ4v) is 1.35. The number of nitrogens with two attached hydrogens (primary N) is 1. The quantitative estimate of drug-likeness (QED) is 0.714. The molecule has 0 fully saturated rings. The number of benzene rings is 1. The Morgan fingerprint density at radius 2 is 1.93 bits per heavy atom. The zero-order valence-corrected chi connectivity index (χ0v) is 7.81. The van der Waals surface area contributed by atoms with Crippen molar-refractivity contribution in [1.29, 1.82) is 0 Å². The van der Waals surface area contributed by atoms with Gasteiger partial charge in [-0.1, -0.05) is 0 Å². The van der Waals surface area contributed by atoms with E-state index in [1.165, 1.54) is 0 Å². The molecular formula is C10H11N3O. The molecular weight excluding hydrogens is 178 g/mol. The number of aromatic hydroxyl groups is 1. The SMILES string of the molecule is Cc1cc(N)nn1-c1ccc(O)cc1. The van der Waals surface area contributed by atoms with Crippen molar-refractivity contribution in [2.24, 2.45) is 0 Å². The average molecular weight is 189 g/mol. The molecule has 4 nitrogen and oxygen atoms in total. The maximum absolute atomic E-state index is 9.12. The van der Waals surface area contributed by atoms with E-state index < -0.39 is 0 Å². The summed E-state index contributed by atoms with van der Waals surface area (Å²) in [5.41, 5.74) is 7.42. The van der Waals surface area contributed by atoms with E-state index in [-0.39, 0.29) is 5.75 Å². The maximum atomic E-state index is 9.12. The summed E-state index contributed by atoms with van der Waals surface area (Å²) in [6.07, 6.45) is 0. The standard InChI is InChI=1S/C10H11N3O/c1-7-6-10(11)12-13(7)8-2-4-9(14)5-3-8/h2-6,14H,1H3,(H2,11,12). The van der Waals surface area contributed by atoms with Crippen molar-refractivity contribution in [3.63, 3.8) is 0 Å². The number of aryl methyl sites for hydroxylation is 1. The molecule has 0 aliphatic carbocycles. The number of aromatic nitrogens is 2. The minimum atomic E-state index is 0.242. The smallest absolute Gasteiger partial charge is 0.146 e. The Kier molecular flexibility index (Phi) is 1.89. The highest BCUT2D eigenvalue weighted by molar-refractivity contribution is 5.40. The lowest BCUT2D eigenvalue weighted by Gasteiger charge is -2.03. The van der Waals surface area contributed by atoms with Gasteiger partial charge in [0.2, 0.25) is 0 Å². The number of anilines is 1. The number of phenolic OH excluding ortho intramolecular Hbond substituents is 1. The van der Waals surface area contributed by atoms with E-state index in [0.717, 1.165) is 11.4 Å². The zero-order valence-electron chi connectivity index (χ0n) is 7.81. The summed E-state index contributed by atoms with van der Waals surface area (Å²) < 4.78 is 1.73. The Labute approximate surface area is 81.6 Å². The third kappa shape index (κ3) is 1.42. The molecule has 0 unspecified atom stereocenters. The summed E-state index contributed by atoms with van der Waals surface area (Å²) >= 11 is 0. The topological polar surface area (TPSA) is 64.1 Å². The van der Waals surface area contributed by atoms with Crippen LogP contribution < -0.4 is 5.73 Å². The van der Waals surface area contributed by atoms with E-state index in [2.05, 4.69) is 5.10 Å². The molecule has 0 aliphatic rings. The normalized spacial score (nSPS) is 10.4. The monoisotopic (exact) mass is 189 g/mol. The third-order valence-electron chi connectivity index (χ3n) is 2.00. The fourth-order valence-electron chi connectivity index (χ4n) is 1.35. The largest absolute Gasteiger partial charge is 0.508 e. The van der Waals surface area contributed by atoms with E-state index in [1.54, 1.807) is 35.0 Å². The second-order valence-corrected chi connectivity index (χ2v) is 3.14. The van der Waals surface area contributed by atoms with Gasteiger partial charge in [0, 0.05) is 11.8 Å². The van der Waals surface area contributed by atoms with Gasteiger partial charge >= 0.3 is 0 Å². The average Bonchev–Trinajstić information content (AvgIpc) is 2.47. The van der Waals surface area contributed by atoms with Crippen LogP contribution in [0.25, 0.3) is 5.69 Å². The molecule has 14 heavy (non-hydrogen) atoms. The summed E-state index contributed by atoms with van der Waals surface area (Å²) in [6, 6.07) is 8.61. The van der Waals surface area contributed by atoms with Crippen LogP contribution in [0, 0.1) is 6.92 Å². The molecule has 0 saturated carbocycles. The Bertz CT molecular complexity index is 445. The first-order valence-corrected chi connectivity index (χ1v) is 4.28. The lowest BCUT2D eigenvalue weighted by Crippen LogP contribution is -1.98. The predicted molar refractivity (Wildman–Crippen MR) is 54.4 cm³/mol. The van der Waals surface area contributed by atoms with Crippen molar-refractivity contribution in [3.05, 3.63) is 36.0 Å². The molecule has 2 rings (SSSR count). The molecule has 0 amide bonds. The molecule has 0 radical (unpaired) electrons. The first-order valence-electron chi connectivity index (χ1n) is 4.28. The van der Waals surface area contributed by atoms with Crippen LogP contribution in [-0.4, -0.2) is 14.9 Å². The van der Waals surface area contributed by atoms with Gasteiger partial charge in [-0.3, -0.25) is 0 Å². The summed E-state index contributed by atoms with van der Waals surface area (Å²) in [7, 11) is 0. The van der Waals surface area contributed by atoms with Crippen molar-refractivity contribution in [1.82, 2.24) is 9.78 Å². The van der Waals surface area contributed by atoms with Gasteiger partial charge in [-0.25, -0.2) is 4.68 Å². The van der Waals surface area contributed by atoms with E-state index in [0.29, 0.717) is 5.82 Å². The lowest BCUT2D eigenvalue weighted by atomic mass is 10.3. The van der Waals surface area contributed by atoms with E-state index in [4.69, 9.17) is 10.8 Å². The van der Waals surface area contributed by atoms with Crippen LogP contribution in [0.4, 0.5) is 5.82 Å². The second kappa shape index (κ2) is 3.06. The first-order chi connectivity index (χ1) is 6.66. The molecule has 2 aromatic rings. The van der Waals surface area contributed by atoms with E-state index >= 15 is 0 Å². The van der Waals surface area contributed by atoms with Gasteiger partial charge in [0.05, 0.1) is 5.69 Å². The predicted octanol–water partition coefficient (Wildman–Crippen LogP) is 1.47. The van der Waals surface area contributed by atoms with Crippen LogP contribution in [0.2, 0.25) is 0 Å². The van der Waals surface area contributed by atoms with Crippen LogP contribution in [0.15, 0.2) is 30.3 Å². The van der Waals surface area contributed by atoms with Crippen molar-refractivity contribution in [3.8, 4) is 11.4 Å². The van der Waals surface area contributed by atoms with Gasteiger partial charge in [-0.15, -0.1) is 0 Å². The van der Waals surface area contributed by atoms with Gasteiger partial charge in [0.25, 0.3) is 0 Å². The van der Waals surface area contributed by atoms with Crippen molar-refractivity contribution in [2.75, 3.05) is 5.73 Å². The van der Waals surface area contributed by atoms with Gasteiger partial charge in [0.1, 0.15) is 11.6 Å². The summed E-state index contributed by atoms with van der Waals surface area (Å²) in [6.45, 7) is 1.93. The number of nitrogens with zero attached hydrogens (tertiary/aromatic N) is 2. The lowest BCUT2D eigenvalue weighted by molar-refractivity contribution is 0.475. The fraction of sp³-hybridized carbons (Fsp3) is 0.100. The molecule has 0 saturated heterocycles. The van der Waals surface area contributed by atoms with Crippen molar-refractivity contribution >= 4 is 5.82 Å². The Morgan fingerprint density at radius 3 is 2.43 bits per heavy atom. The Balaban J connectivity index is 2.49. The van der Waals surface area contributed by atoms with Crippen molar-refractivity contribution < 1.29 is 5.11 Å². The molecule has 1 heterocycles. The number of nitrogen functional groups attached to an aromatic ring is 1. The second-order valence-electron chi connectivity index (χ2n) is 3.14. The molecule has 1 aromatic heterocycles. The molecule has 3 N–H and O–H groups in total. The summed E-state index contributed by atoms with van der Waals surface area (Å²) in [5, 5.41) is 13.2. The maximum Gasteiger partial charge on any atom is 0.146 e. The minimum absolute atomic E-state index is 0.242. The van der Waals surface area contributed by atoms with E-state index in [1.807, 2.05) is 6.92 Å². The van der Waals surface area contributed by atoms with Crippen LogP contribution >= 0.6 is 0 Å². The highest BCUT2D eigenvalue weighted by Gasteiger charge is 2.03. The summed E-state index contributed by atoms with van der Waals surface area (Å²) in [4.78, 5) is 0. The number of hydrogen-bond acceptors (Lipinski definition) is 3. The van der Waals surface area contributed by atoms with Crippen LogP contribution in [0.5, 0.6) is 5.75 Å². The Hall–Kier alpha value is -1.97. The highest BCUT2D eigenvalue weighted by Crippen LogP contribution is 2.16. The number of phenols is 1. The molecule has 0 atom stereocenters. The van der Waals surface area contributed by atoms with Gasteiger partial charge in [-0.05, 0) is 31.2 Å². The number of rotatable bonds is 1. The first kappa shape index (κ1) is 8.62. The molecule has 1 aromatic carbocycles. The van der Waals surface area contributed by atoms with Crippen molar-refractivity contribution in [2.45, 2.75) is 6.92 Å². The highest BCUT2D eigenvalue weighted by atomic mass is 16.3. The molecule has 72 valence electrons. The third-order valence-corrected chi connectivity index (χ3v) is 2.00. The summed E-state index contributed by atoms with van der Waals surface area (Å²) in [5.74, 6) is 0.738. The van der Waals surface area contributed by atoms with E-state index in [9.17, 15) is 0 Å². The molecule has 0 spiro atoms. The van der Waals surface area contributed by atoms with Gasteiger partial charge < -0.3 is 10.8 Å². The molecule has 4 heteroatoms. The number of hydrogen-bond donors (Lipinski definition) is 2. The zero-order chi connectivity index (χ0) is 10.1. The minimum Gasteiger partial charge on any atom is -0.508 e. The Morgan fingerprint density at radius 1 is 1.29 bits per heavy atom. The molecule has 0 aliphatic heterocycles. The van der Waals surface area contributed by atoms with Crippen LogP contribution in [0.3, 0.4) is 0 Å².